The average Bonchev–Trinajstić information content (AvgIpc) is 3.64. The molecule has 1 N–H and O–H groups in total. The van der Waals surface area contributed by atoms with E-state index in [2.05, 4.69) is 15.2 Å². The number of halogens is 1. The number of hydrogen-bond donors (Lipinski definition) is 1. The number of aliphatic hydroxyl groups is 1. The predicted octanol–water partition coefficient (Wildman–Crippen LogP) is 6.68. The molecule has 1 unspecified atom stereocenters. The van der Waals surface area contributed by atoms with Crippen LogP contribution in [0.4, 0.5) is 5.13 Å². The molecule has 41 heavy (non-hydrogen) atoms. The summed E-state index contributed by atoms with van der Waals surface area (Å²) >= 11 is 8.69. The van der Waals surface area contributed by atoms with Crippen molar-refractivity contribution in [3.63, 3.8) is 0 Å². The Hall–Kier alpha value is -3.99. The van der Waals surface area contributed by atoms with Crippen LogP contribution in [-0.2, 0) is 15.3 Å². The second kappa shape index (κ2) is 10.8. The Balaban J connectivity index is 1.43. The number of anilines is 1. The first kappa shape index (κ1) is 27.2. The van der Waals surface area contributed by atoms with Gasteiger partial charge in [0, 0.05) is 17.0 Å². The van der Waals surface area contributed by atoms with Gasteiger partial charge in [-0.05, 0) is 55.7 Å². The largest absolute Gasteiger partial charge is 0.505 e. The number of rotatable bonds is 6. The summed E-state index contributed by atoms with van der Waals surface area (Å²) in [5.41, 5.74) is 5.22. The monoisotopic (exact) mass is 601 g/mol. The topological polar surface area (TPSA) is 101 Å². The summed E-state index contributed by atoms with van der Waals surface area (Å²) in [5.74, 6) is -1.26. The number of carbonyl (C=O) groups is 2. The van der Waals surface area contributed by atoms with Crippen molar-refractivity contribution in [1.29, 1.82) is 0 Å². The highest BCUT2D eigenvalue weighted by Crippen LogP contribution is 2.44. The number of Topliss-reactive ketones (excluding diaryl/α,β-unsaturated/α-hetero) is 1. The minimum Gasteiger partial charge on any atom is -0.505 e. The molecule has 1 fully saturated rings. The van der Waals surface area contributed by atoms with E-state index >= 15 is 0 Å². The van der Waals surface area contributed by atoms with Crippen LogP contribution in [0.15, 0.2) is 76.8 Å². The Morgan fingerprint density at radius 2 is 1.76 bits per heavy atom. The van der Waals surface area contributed by atoms with Crippen molar-refractivity contribution in [1.82, 2.24) is 19.6 Å². The zero-order valence-corrected chi connectivity index (χ0v) is 24.7. The molecule has 3 aromatic heterocycles. The van der Waals surface area contributed by atoms with Gasteiger partial charge >= 0.3 is 5.91 Å². The van der Waals surface area contributed by atoms with E-state index in [4.69, 9.17) is 11.6 Å². The van der Waals surface area contributed by atoms with Crippen LogP contribution in [0, 0.1) is 20.8 Å². The second-order valence-corrected chi connectivity index (χ2v) is 12.4. The number of amides is 1. The molecule has 6 rings (SSSR count). The van der Waals surface area contributed by atoms with E-state index in [1.54, 1.807) is 0 Å². The van der Waals surface area contributed by atoms with E-state index in [1.165, 1.54) is 28.0 Å². The molecule has 1 aliphatic rings. The molecule has 2 aromatic carbocycles. The highest BCUT2D eigenvalue weighted by Gasteiger charge is 2.48. The van der Waals surface area contributed by atoms with Crippen molar-refractivity contribution in [2.45, 2.75) is 36.9 Å². The lowest BCUT2D eigenvalue weighted by Gasteiger charge is -2.22. The number of imidazole rings is 1. The number of hydrogen-bond acceptors (Lipinski definition) is 8. The van der Waals surface area contributed by atoms with Gasteiger partial charge < -0.3 is 9.51 Å². The van der Waals surface area contributed by atoms with Crippen molar-refractivity contribution in [3.8, 4) is 0 Å². The van der Waals surface area contributed by atoms with E-state index < -0.39 is 17.7 Å². The van der Waals surface area contributed by atoms with Gasteiger partial charge in [0.25, 0.3) is 5.78 Å². The molecule has 1 aliphatic heterocycles. The number of aryl methyl sites for hydroxylation is 3. The van der Waals surface area contributed by atoms with Gasteiger partial charge in [-0.3, -0.25) is 14.5 Å². The van der Waals surface area contributed by atoms with Gasteiger partial charge in [-0.25, -0.2) is 4.98 Å². The highest BCUT2D eigenvalue weighted by atomic mass is 35.5. The maximum atomic E-state index is 13.6. The number of carbonyl (C=O) groups excluding carboxylic acids is 2. The number of fused-ring (bicyclic) bond motifs is 1. The van der Waals surface area contributed by atoms with Gasteiger partial charge in [-0.15, -0.1) is 10.2 Å². The van der Waals surface area contributed by atoms with Crippen LogP contribution in [0.1, 0.15) is 39.7 Å². The smallest absolute Gasteiger partial charge is 0.301 e. The molecule has 0 aliphatic carbocycles. The lowest BCUT2D eigenvalue weighted by atomic mass is 9.96. The Kier molecular flexibility index (Phi) is 7.14. The standard InChI is InChI=1S/C30H24ClN5O3S2/c1-16-6-10-20(11-7-16)24-22(25(37)23-18(3)35-14-4-5-17(2)27(35)32-23)26(38)28(39)36(24)29-33-34-30(41-29)40-15-19-8-12-21(31)13-9-19/h4-14,24,37H,15H2,1-3H3. The maximum absolute atomic E-state index is 13.6. The molecule has 4 heterocycles. The molecular weight excluding hydrogens is 578 g/mol. The van der Waals surface area contributed by atoms with Crippen molar-refractivity contribution in [2.24, 2.45) is 0 Å². The maximum Gasteiger partial charge on any atom is 0.301 e. The van der Waals surface area contributed by atoms with Gasteiger partial charge in [0.1, 0.15) is 11.3 Å². The first-order chi connectivity index (χ1) is 19.7. The molecular formula is C30H24ClN5O3S2. The first-order valence-electron chi connectivity index (χ1n) is 12.8. The van der Waals surface area contributed by atoms with Crippen LogP contribution in [0.3, 0.4) is 0 Å². The number of nitrogens with zero attached hydrogens (tertiary/aromatic N) is 5. The van der Waals surface area contributed by atoms with E-state index in [0.717, 1.165) is 16.7 Å². The number of aliphatic hydroxyl groups excluding tert-OH is 1. The lowest BCUT2D eigenvalue weighted by molar-refractivity contribution is -0.132. The number of ketones is 1. The molecule has 5 aromatic rings. The third kappa shape index (κ3) is 4.92. The average molecular weight is 602 g/mol. The molecule has 1 atom stereocenters. The molecule has 1 saturated heterocycles. The highest BCUT2D eigenvalue weighted by molar-refractivity contribution is 8.00. The van der Waals surface area contributed by atoms with Crippen molar-refractivity contribution in [2.75, 3.05) is 4.90 Å². The lowest BCUT2D eigenvalue weighted by Crippen LogP contribution is -2.29. The summed E-state index contributed by atoms with van der Waals surface area (Å²) in [6.07, 6.45) is 1.85. The Morgan fingerprint density at radius 3 is 2.46 bits per heavy atom. The summed E-state index contributed by atoms with van der Waals surface area (Å²) < 4.78 is 2.50. The van der Waals surface area contributed by atoms with Crippen LogP contribution in [0.25, 0.3) is 11.4 Å². The van der Waals surface area contributed by atoms with Crippen LogP contribution >= 0.6 is 34.7 Å². The minimum absolute atomic E-state index is 0.0337. The van der Waals surface area contributed by atoms with Gasteiger partial charge in [0.15, 0.2) is 10.1 Å². The van der Waals surface area contributed by atoms with E-state index in [9.17, 15) is 14.7 Å². The van der Waals surface area contributed by atoms with E-state index in [-0.39, 0.29) is 22.2 Å². The normalized spacial score (nSPS) is 16.7. The minimum atomic E-state index is -0.900. The van der Waals surface area contributed by atoms with Gasteiger partial charge in [0.05, 0.1) is 17.3 Å². The van der Waals surface area contributed by atoms with Crippen molar-refractivity contribution >= 4 is 62.9 Å². The summed E-state index contributed by atoms with van der Waals surface area (Å²) in [6, 6.07) is 18.0. The fourth-order valence-corrected chi connectivity index (χ4v) is 6.80. The third-order valence-corrected chi connectivity index (χ3v) is 9.40. The van der Waals surface area contributed by atoms with E-state index in [0.29, 0.717) is 32.0 Å². The molecule has 8 nitrogen and oxygen atoms in total. The predicted molar refractivity (Wildman–Crippen MR) is 162 cm³/mol. The van der Waals surface area contributed by atoms with E-state index in [1.807, 2.05) is 92.0 Å². The number of benzene rings is 2. The Bertz CT molecular complexity index is 1840. The summed E-state index contributed by atoms with van der Waals surface area (Å²) in [7, 11) is 0. The quantitative estimate of drug-likeness (QED) is 0.0761. The van der Waals surface area contributed by atoms with Crippen molar-refractivity contribution in [3.05, 3.63) is 111 Å². The Labute approximate surface area is 249 Å². The van der Waals surface area contributed by atoms with Crippen LogP contribution in [-0.4, -0.2) is 36.4 Å². The second-order valence-electron chi connectivity index (χ2n) is 9.78. The molecule has 0 spiro atoms. The van der Waals surface area contributed by atoms with Crippen LogP contribution < -0.4 is 4.90 Å². The number of pyridine rings is 1. The molecule has 206 valence electrons. The first-order valence-corrected chi connectivity index (χ1v) is 14.9. The number of aromatic nitrogens is 4. The summed E-state index contributed by atoms with van der Waals surface area (Å²) in [5, 5.41) is 21.1. The molecule has 0 radical (unpaired) electrons. The SMILES string of the molecule is Cc1ccc(C2C(=C(O)c3nc4c(C)cccn4c3C)C(=O)C(=O)N2c2nnc(SCc3ccc(Cl)cc3)s2)cc1. The zero-order chi connectivity index (χ0) is 28.8. The third-order valence-electron chi connectivity index (χ3n) is 7.02. The summed E-state index contributed by atoms with van der Waals surface area (Å²) in [6.45, 7) is 5.70. The van der Waals surface area contributed by atoms with Crippen LogP contribution in [0.5, 0.6) is 0 Å². The Morgan fingerprint density at radius 1 is 1.02 bits per heavy atom. The van der Waals surface area contributed by atoms with Gasteiger partial charge in [-0.2, -0.15) is 0 Å². The molecule has 1 amide bonds. The van der Waals surface area contributed by atoms with Crippen LogP contribution in [0.2, 0.25) is 5.02 Å². The molecule has 0 saturated carbocycles. The zero-order valence-electron chi connectivity index (χ0n) is 22.3. The molecule has 11 heteroatoms. The van der Waals surface area contributed by atoms with Crippen molar-refractivity contribution < 1.29 is 14.7 Å². The summed E-state index contributed by atoms with van der Waals surface area (Å²) in [4.78, 5) is 33.1. The molecule has 0 bridgehead atoms. The van der Waals surface area contributed by atoms with Gasteiger partial charge in [-0.1, -0.05) is 82.7 Å². The fraction of sp³-hybridized carbons (Fsp3) is 0.167. The fourth-order valence-electron chi connectivity index (χ4n) is 4.85. The van der Waals surface area contributed by atoms with Gasteiger partial charge in [0.2, 0.25) is 5.13 Å². The number of thioether (sulfide) groups is 1.